The largest absolute Gasteiger partial charge is 0.507 e. The second kappa shape index (κ2) is 46.3. The predicted octanol–water partition coefficient (Wildman–Crippen LogP) is 5.79. The Balaban J connectivity index is 0.000000256. The van der Waals surface area contributed by atoms with Crippen LogP contribution in [0.25, 0.3) is 0 Å². The minimum absolute atomic E-state index is 0.00407. The molecule has 33 nitrogen and oxygen atoms in total. The molecule has 0 spiro atoms. The maximum absolute atomic E-state index is 12.5. The van der Waals surface area contributed by atoms with Crippen molar-refractivity contribution in [3.05, 3.63) is 268 Å². The Morgan fingerprint density at radius 2 is 0.369 bits per heavy atom. The van der Waals surface area contributed by atoms with Crippen LogP contribution in [0.1, 0.15) is 93.2 Å². The molecule has 0 radical (unpaired) electrons. The third kappa shape index (κ3) is 29.1. The second-order valence-electron chi connectivity index (χ2n) is 22.4. The number of hydrogen-bond acceptors (Lipinski definition) is 33. The molecular formula is C78H76O33. The standard InChI is InChI=1S/C24H20O9.2C17H16O7.2C10H12O5/c25-19-10-4-1-7-16(19)22(28)31-13-15(33-24(30)18-9-3-6-12-21(18)27)14-32-23(29)17-8-2-5-11-20(17)26;18-11(9-23-16(21)12-5-1-3-7-14(12)19)10-24-17(22)13-6-2-4-8-15(13)20;18-9-11(24-17(22)13-6-2-4-8-15(13)20)10-23-16(21)12-5-1-3-7-14(12)19;11-5-7(12)6-15-10(14)8-3-1-2-4-9(8)13;11-5-7(6-12)15-10(14)8-3-1-2-4-9(8)13/h1-12,15,25-27H,13-14H2;2*1-8,11,18-20H,9-10H2;2*1-4,7,11-13H,5-6H2. The van der Waals surface area contributed by atoms with Crippen LogP contribution in [0.2, 0.25) is 0 Å². The lowest BCUT2D eigenvalue weighted by Crippen LogP contribution is -2.31. The summed E-state index contributed by atoms with van der Waals surface area (Å²) in [7, 11) is 0. The van der Waals surface area contributed by atoms with Gasteiger partial charge in [0.2, 0.25) is 0 Å². The first-order valence-corrected chi connectivity index (χ1v) is 32.7. The van der Waals surface area contributed by atoms with E-state index in [2.05, 4.69) is 4.74 Å². The van der Waals surface area contributed by atoms with Crippen LogP contribution in [0.15, 0.2) is 218 Å². The van der Waals surface area contributed by atoms with Gasteiger partial charge >= 0.3 is 53.7 Å². The fourth-order valence-corrected chi connectivity index (χ4v) is 8.42. The Hall–Kier alpha value is -13.8. The van der Waals surface area contributed by atoms with Crippen molar-refractivity contribution >= 4 is 53.7 Å². The average Bonchev–Trinajstić information content (AvgIpc) is 0.869. The van der Waals surface area contributed by atoms with Crippen LogP contribution in [-0.4, -0.2) is 227 Å². The molecule has 2 unspecified atom stereocenters. The van der Waals surface area contributed by atoms with Crippen LogP contribution in [0.4, 0.5) is 0 Å². The molecule has 586 valence electrons. The van der Waals surface area contributed by atoms with E-state index in [1.807, 2.05) is 0 Å². The SMILES string of the molecule is O=C(OC(CO)CO)c1ccccc1O.O=C(OCC(CO)OC(=O)c1ccccc1O)c1ccccc1O.O=C(OCC(COC(=O)c1ccccc1O)OC(=O)c1ccccc1O)c1ccccc1O.O=C(OCC(O)CO)c1ccccc1O.O=C(OCC(O)COC(=O)c1ccccc1O)c1ccccc1O. The third-order valence-electron chi connectivity index (χ3n) is 14.2. The summed E-state index contributed by atoms with van der Waals surface area (Å²) in [6, 6.07) is 52.1. The molecule has 15 N–H and O–H groups in total. The molecule has 0 fully saturated rings. The highest BCUT2D eigenvalue weighted by atomic mass is 16.6. The second-order valence-corrected chi connectivity index (χ2v) is 22.4. The highest BCUT2D eigenvalue weighted by molar-refractivity contribution is 5.97. The van der Waals surface area contributed by atoms with E-state index in [0.717, 1.165) is 0 Å². The summed E-state index contributed by atoms with van der Waals surface area (Å²) in [6.07, 6.45) is -5.65. The molecule has 0 amide bonds. The number of phenolic OH excluding ortho intramolecular Hbond substituents is 9. The lowest BCUT2D eigenvalue weighted by atomic mass is 10.2. The molecule has 9 rings (SSSR count). The number of carbonyl (C=O) groups excluding carboxylic acids is 9. The van der Waals surface area contributed by atoms with Crippen molar-refractivity contribution < 1.29 is 162 Å². The topological polar surface area (TPSA) is 540 Å². The number of rotatable bonds is 28. The third-order valence-corrected chi connectivity index (χ3v) is 14.2. The monoisotopic (exact) mass is 1540 g/mol. The van der Waals surface area contributed by atoms with Gasteiger partial charge in [-0.15, -0.1) is 0 Å². The van der Waals surface area contributed by atoms with Crippen molar-refractivity contribution in [1.82, 2.24) is 0 Å². The highest BCUT2D eigenvalue weighted by Gasteiger charge is 2.27. The van der Waals surface area contributed by atoms with Gasteiger partial charge in [0.05, 0.1) is 26.4 Å². The fourth-order valence-electron chi connectivity index (χ4n) is 8.42. The van der Waals surface area contributed by atoms with Gasteiger partial charge in [-0.3, -0.25) is 0 Å². The van der Waals surface area contributed by atoms with Crippen LogP contribution >= 0.6 is 0 Å². The minimum Gasteiger partial charge on any atom is -0.507 e. The molecule has 2 atom stereocenters. The van der Waals surface area contributed by atoms with Crippen molar-refractivity contribution in [2.24, 2.45) is 0 Å². The molecule has 0 aliphatic rings. The number of aliphatic hydroxyl groups excluding tert-OH is 6. The smallest absolute Gasteiger partial charge is 0.342 e. The summed E-state index contributed by atoms with van der Waals surface area (Å²) >= 11 is 0. The van der Waals surface area contributed by atoms with Crippen LogP contribution in [0, 0.1) is 0 Å². The van der Waals surface area contributed by atoms with E-state index in [9.17, 15) is 99.3 Å². The molecule has 9 aromatic carbocycles. The molecule has 0 aliphatic carbocycles. The first kappa shape index (κ1) is 87.8. The number of aromatic hydroxyl groups is 9. The van der Waals surface area contributed by atoms with Gasteiger partial charge in [-0.1, -0.05) is 109 Å². The number of phenols is 9. The predicted molar refractivity (Wildman–Crippen MR) is 383 cm³/mol. The highest BCUT2D eigenvalue weighted by Crippen LogP contribution is 2.25. The molecule has 9 aromatic rings. The van der Waals surface area contributed by atoms with E-state index in [-0.39, 0.29) is 108 Å². The van der Waals surface area contributed by atoms with Gasteiger partial charge in [-0.05, 0) is 109 Å². The fraction of sp³-hybridized carbons (Fsp3) is 0.192. The first-order valence-electron chi connectivity index (χ1n) is 32.7. The summed E-state index contributed by atoms with van der Waals surface area (Å²) < 4.78 is 44.5. The lowest BCUT2D eigenvalue weighted by molar-refractivity contribution is -0.0256. The van der Waals surface area contributed by atoms with E-state index in [1.54, 1.807) is 72.8 Å². The van der Waals surface area contributed by atoms with Crippen molar-refractivity contribution in [3.63, 3.8) is 0 Å². The minimum atomic E-state index is -1.25. The zero-order chi connectivity index (χ0) is 81.4. The van der Waals surface area contributed by atoms with Gasteiger partial charge in [-0.25, -0.2) is 43.2 Å². The van der Waals surface area contributed by atoms with Crippen molar-refractivity contribution in [1.29, 1.82) is 0 Å². The number of ether oxygens (including phenoxy) is 9. The molecule has 0 saturated heterocycles. The first-order chi connectivity index (χ1) is 53.2. The van der Waals surface area contributed by atoms with Gasteiger partial charge in [0, 0.05) is 0 Å². The Labute approximate surface area is 630 Å². The van der Waals surface area contributed by atoms with Crippen LogP contribution < -0.4 is 0 Å². The number of benzene rings is 9. The van der Waals surface area contributed by atoms with Crippen LogP contribution in [0.3, 0.4) is 0 Å². The molecule has 0 bridgehead atoms. The van der Waals surface area contributed by atoms with E-state index < -0.39 is 144 Å². The maximum Gasteiger partial charge on any atom is 0.342 e. The van der Waals surface area contributed by atoms with E-state index in [1.165, 1.54) is 146 Å². The van der Waals surface area contributed by atoms with Crippen molar-refractivity contribution in [3.8, 4) is 51.7 Å². The van der Waals surface area contributed by atoms with E-state index >= 15 is 0 Å². The summed E-state index contributed by atoms with van der Waals surface area (Å²) in [6.45, 7) is -4.54. The Morgan fingerprint density at radius 3 is 0.568 bits per heavy atom. The number of hydrogen-bond donors (Lipinski definition) is 15. The molecule has 0 aromatic heterocycles. The number of para-hydroxylation sites is 9. The summed E-state index contributed by atoms with van der Waals surface area (Å²) in [5, 5.41) is 140. The average molecular weight is 1540 g/mol. The number of carbonyl (C=O) groups is 9. The van der Waals surface area contributed by atoms with E-state index in [4.69, 9.17) is 58.3 Å². The molecule has 0 aliphatic heterocycles. The molecule has 0 saturated carbocycles. The van der Waals surface area contributed by atoms with Crippen LogP contribution in [0.5, 0.6) is 51.7 Å². The molecule has 33 heteroatoms. The normalized spacial score (nSPS) is 10.9. The zero-order valence-electron chi connectivity index (χ0n) is 58.3. The zero-order valence-corrected chi connectivity index (χ0v) is 58.3. The van der Waals surface area contributed by atoms with Gasteiger partial charge < -0.3 is 119 Å². The molecule has 0 heterocycles. The van der Waals surface area contributed by atoms with Gasteiger partial charge in [0.25, 0.3) is 0 Å². The summed E-state index contributed by atoms with van der Waals surface area (Å²) in [5.74, 6) is -9.76. The van der Waals surface area contributed by atoms with Crippen molar-refractivity contribution in [2.45, 2.75) is 30.5 Å². The van der Waals surface area contributed by atoms with E-state index in [0.29, 0.717) is 0 Å². The summed E-state index contributed by atoms with van der Waals surface area (Å²) in [4.78, 5) is 107. The number of esters is 9. The van der Waals surface area contributed by atoms with Gasteiger partial charge in [0.15, 0.2) is 12.2 Å². The maximum atomic E-state index is 12.5. The van der Waals surface area contributed by atoms with Crippen LogP contribution in [-0.2, 0) is 42.6 Å². The Morgan fingerprint density at radius 1 is 0.207 bits per heavy atom. The summed E-state index contributed by atoms with van der Waals surface area (Å²) in [5.41, 5.74) is -0.478. The van der Waals surface area contributed by atoms with Gasteiger partial charge in [0.1, 0.15) is 160 Å². The quantitative estimate of drug-likeness (QED) is 0.0204. The Bertz CT molecular complexity index is 4410. The van der Waals surface area contributed by atoms with Crippen molar-refractivity contribution in [2.75, 3.05) is 66.1 Å². The molecular weight excluding hydrogens is 1460 g/mol. The number of aliphatic hydroxyl groups is 6. The lowest BCUT2D eigenvalue weighted by Gasteiger charge is -2.18. The Kier molecular flexibility index (Phi) is 36.6. The van der Waals surface area contributed by atoms with Gasteiger partial charge in [-0.2, -0.15) is 0 Å². The molecule has 111 heavy (non-hydrogen) atoms.